The molecular formula is C12H18N2O3S. The SMILES string of the molecule is CN(C)C(=O)C(C)(C)S(=O)(=O)c1cccc(N)c1. The topological polar surface area (TPSA) is 80.5 Å². The molecule has 0 bridgehead atoms. The van der Waals surface area contributed by atoms with Crippen LogP contribution in [0, 0.1) is 0 Å². The van der Waals surface area contributed by atoms with Gasteiger partial charge in [-0.05, 0) is 32.0 Å². The molecule has 0 saturated carbocycles. The van der Waals surface area contributed by atoms with E-state index in [1.807, 2.05) is 0 Å². The molecule has 0 heterocycles. The molecule has 1 aromatic carbocycles. The zero-order chi connectivity index (χ0) is 14.1. The maximum atomic E-state index is 12.4. The van der Waals surface area contributed by atoms with E-state index >= 15 is 0 Å². The van der Waals surface area contributed by atoms with Crippen molar-refractivity contribution in [2.75, 3.05) is 19.8 Å². The molecule has 0 radical (unpaired) electrons. The van der Waals surface area contributed by atoms with Crippen LogP contribution in [0.3, 0.4) is 0 Å². The first-order valence-electron chi connectivity index (χ1n) is 5.42. The van der Waals surface area contributed by atoms with Crippen LogP contribution in [-0.4, -0.2) is 38.1 Å². The Hall–Kier alpha value is -1.56. The normalized spacial score (nSPS) is 12.2. The van der Waals surface area contributed by atoms with Crippen LogP contribution >= 0.6 is 0 Å². The van der Waals surface area contributed by atoms with Gasteiger partial charge < -0.3 is 10.6 Å². The molecular weight excluding hydrogens is 252 g/mol. The van der Waals surface area contributed by atoms with Crippen molar-refractivity contribution >= 4 is 21.4 Å². The fraction of sp³-hybridized carbons (Fsp3) is 0.417. The van der Waals surface area contributed by atoms with Gasteiger partial charge in [-0.2, -0.15) is 0 Å². The van der Waals surface area contributed by atoms with E-state index in [-0.39, 0.29) is 4.90 Å². The van der Waals surface area contributed by atoms with E-state index < -0.39 is 20.5 Å². The van der Waals surface area contributed by atoms with Crippen molar-refractivity contribution in [3.8, 4) is 0 Å². The number of hydrogen-bond donors (Lipinski definition) is 1. The van der Waals surface area contributed by atoms with Crippen molar-refractivity contribution in [3.63, 3.8) is 0 Å². The van der Waals surface area contributed by atoms with Gasteiger partial charge in [-0.25, -0.2) is 8.42 Å². The molecule has 0 spiro atoms. The highest BCUT2D eigenvalue weighted by Crippen LogP contribution is 2.27. The van der Waals surface area contributed by atoms with E-state index in [2.05, 4.69) is 0 Å². The lowest BCUT2D eigenvalue weighted by atomic mass is 10.2. The lowest BCUT2D eigenvalue weighted by Gasteiger charge is -2.27. The zero-order valence-electron chi connectivity index (χ0n) is 11.0. The highest BCUT2D eigenvalue weighted by Gasteiger charge is 2.43. The molecule has 18 heavy (non-hydrogen) atoms. The highest BCUT2D eigenvalue weighted by molar-refractivity contribution is 7.93. The Morgan fingerprint density at radius 1 is 1.28 bits per heavy atom. The Kier molecular flexibility index (Phi) is 3.71. The highest BCUT2D eigenvalue weighted by atomic mass is 32.2. The number of amides is 1. The van der Waals surface area contributed by atoms with Crippen molar-refractivity contribution in [1.29, 1.82) is 0 Å². The zero-order valence-corrected chi connectivity index (χ0v) is 11.8. The van der Waals surface area contributed by atoms with Crippen LogP contribution in [0.2, 0.25) is 0 Å². The van der Waals surface area contributed by atoms with Gasteiger partial charge in [0, 0.05) is 19.8 Å². The maximum Gasteiger partial charge on any atom is 0.243 e. The number of anilines is 1. The van der Waals surface area contributed by atoms with E-state index in [9.17, 15) is 13.2 Å². The number of rotatable bonds is 3. The summed E-state index contributed by atoms with van der Waals surface area (Å²) in [6.07, 6.45) is 0. The van der Waals surface area contributed by atoms with Crippen molar-refractivity contribution in [2.45, 2.75) is 23.5 Å². The Labute approximate surface area is 108 Å². The Bertz CT molecular complexity index is 562. The molecule has 0 atom stereocenters. The standard InChI is InChI=1S/C12H18N2O3S/c1-12(2,11(15)14(3)4)18(16,17)10-7-5-6-9(13)8-10/h5-8H,13H2,1-4H3. The van der Waals surface area contributed by atoms with Crippen LogP contribution in [-0.2, 0) is 14.6 Å². The molecule has 0 aliphatic rings. The summed E-state index contributed by atoms with van der Waals surface area (Å²) in [4.78, 5) is 13.3. The first kappa shape index (κ1) is 14.5. The van der Waals surface area contributed by atoms with Crippen LogP contribution in [0.25, 0.3) is 0 Å². The van der Waals surface area contributed by atoms with Gasteiger partial charge in [-0.1, -0.05) is 6.07 Å². The quantitative estimate of drug-likeness (QED) is 0.828. The van der Waals surface area contributed by atoms with Gasteiger partial charge >= 0.3 is 0 Å². The fourth-order valence-corrected chi connectivity index (χ4v) is 3.18. The minimum absolute atomic E-state index is 0.0581. The van der Waals surface area contributed by atoms with Crippen molar-refractivity contribution in [3.05, 3.63) is 24.3 Å². The van der Waals surface area contributed by atoms with Gasteiger partial charge in [0.25, 0.3) is 0 Å². The smallest absolute Gasteiger partial charge is 0.243 e. The summed E-state index contributed by atoms with van der Waals surface area (Å²) in [6.45, 7) is 2.79. The molecule has 1 amide bonds. The molecule has 0 unspecified atom stereocenters. The van der Waals surface area contributed by atoms with Crippen LogP contribution < -0.4 is 5.73 Å². The predicted molar refractivity (Wildman–Crippen MR) is 70.8 cm³/mol. The Morgan fingerprint density at radius 2 is 1.83 bits per heavy atom. The lowest BCUT2D eigenvalue weighted by molar-refractivity contribution is -0.130. The van der Waals surface area contributed by atoms with E-state index in [1.165, 1.54) is 45.0 Å². The first-order valence-corrected chi connectivity index (χ1v) is 6.91. The number of nitrogens with zero attached hydrogens (tertiary/aromatic N) is 1. The Morgan fingerprint density at radius 3 is 2.28 bits per heavy atom. The molecule has 1 rings (SSSR count). The molecule has 0 fully saturated rings. The van der Waals surface area contributed by atoms with E-state index in [0.29, 0.717) is 5.69 Å². The van der Waals surface area contributed by atoms with Crippen molar-refractivity contribution in [2.24, 2.45) is 0 Å². The van der Waals surface area contributed by atoms with Gasteiger partial charge in [-0.3, -0.25) is 4.79 Å². The summed E-state index contributed by atoms with van der Waals surface area (Å²) in [5.41, 5.74) is 5.93. The van der Waals surface area contributed by atoms with Gasteiger partial charge in [0.15, 0.2) is 9.84 Å². The van der Waals surface area contributed by atoms with E-state index in [0.717, 1.165) is 0 Å². The first-order chi connectivity index (χ1) is 8.10. The second-order valence-electron chi connectivity index (χ2n) is 4.79. The molecule has 2 N–H and O–H groups in total. The minimum Gasteiger partial charge on any atom is -0.399 e. The van der Waals surface area contributed by atoms with Crippen molar-refractivity contribution in [1.82, 2.24) is 4.90 Å². The number of carbonyl (C=O) groups is 1. The molecule has 0 saturated heterocycles. The summed E-state index contributed by atoms with van der Waals surface area (Å²) in [5, 5.41) is 0. The van der Waals surface area contributed by atoms with Gasteiger partial charge in [0.05, 0.1) is 4.90 Å². The average Bonchev–Trinajstić information content (AvgIpc) is 2.27. The van der Waals surface area contributed by atoms with Gasteiger partial charge in [-0.15, -0.1) is 0 Å². The van der Waals surface area contributed by atoms with E-state index in [1.54, 1.807) is 12.1 Å². The molecule has 100 valence electrons. The number of nitrogen functional groups attached to an aromatic ring is 1. The van der Waals surface area contributed by atoms with E-state index in [4.69, 9.17) is 5.73 Å². The second-order valence-corrected chi connectivity index (χ2v) is 7.28. The lowest BCUT2D eigenvalue weighted by Crippen LogP contribution is -2.47. The maximum absolute atomic E-state index is 12.4. The summed E-state index contributed by atoms with van der Waals surface area (Å²) < 4.78 is 23.4. The number of sulfone groups is 1. The molecule has 1 aromatic rings. The number of nitrogens with two attached hydrogens (primary N) is 1. The van der Waals surface area contributed by atoms with Crippen LogP contribution in [0.5, 0.6) is 0 Å². The molecule has 0 aliphatic heterocycles. The monoisotopic (exact) mass is 270 g/mol. The number of hydrogen-bond acceptors (Lipinski definition) is 4. The average molecular weight is 270 g/mol. The number of benzene rings is 1. The molecule has 6 heteroatoms. The second kappa shape index (κ2) is 4.61. The summed E-state index contributed by atoms with van der Waals surface area (Å²) in [6, 6.07) is 5.95. The summed E-state index contributed by atoms with van der Waals surface area (Å²) in [5.74, 6) is -0.468. The van der Waals surface area contributed by atoms with Gasteiger partial charge in [0.1, 0.15) is 4.75 Å². The van der Waals surface area contributed by atoms with Crippen LogP contribution in [0.15, 0.2) is 29.2 Å². The summed E-state index contributed by atoms with van der Waals surface area (Å²) >= 11 is 0. The minimum atomic E-state index is -3.78. The van der Waals surface area contributed by atoms with Crippen LogP contribution in [0.4, 0.5) is 5.69 Å². The molecule has 0 aliphatic carbocycles. The third kappa shape index (κ3) is 2.33. The summed E-state index contributed by atoms with van der Waals surface area (Å²) in [7, 11) is -0.723. The number of carbonyl (C=O) groups excluding carboxylic acids is 1. The molecule has 0 aromatic heterocycles. The Balaban J connectivity index is 3.34. The third-order valence-corrected chi connectivity index (χ3v) is 5.15. The third-order valence-electron chi connectivity index (χ3n) is 2.76. The van der Waals surface area contributed by atoms with Gasteiger partial charge in [0.2, 0.25) is 5.91 Å². The van der Waals surface area contributed by atoms with Crippen LogP contribution in [0.1, 0.15) is 13.8 Å². The molecule has 5 nitrogen and oxygen atoms in total. The van der Waals surface area contributed by atoms with Crippen molar-refractivity contribution < 1.29 is 13.2 Å². The largest absolute Gasteiger partial charge is 0.399 e. The predicted octanol–water partition coefficient (Wildman–Crippen LogP) is 0.909. The fourth-order valence-electron chi connectivity index (χ4n) is 1.63.